The van der Waals surface area contributed by atoms with Crippen LogP contribution in [0.5, 0.6) is 5.75 Å². The van der Waals surface area contributed by atoms with E-state index in [0.717, 1.165) is 5.56 Å². The summed E-state index contributed by atoms with van der Waals surface area (Å²) in [6.07, 6.45) is 0.579. The van der Waals surface area contributed by atoms with Gasteiger partial charge in [0.05, 0.1) is 6.04 Å². The van der Waals surface area contributed by atoms with Crippen molar-refractivity contribution in [3.05, 3.63) is 47.3 Å². The first kappa shape index (κ1) is 18.2. The van der Waals surface area contributed by atoms with Gasteiger partial charge < -0.3 is 19.5 Å². The number of aromatic nitrogens is 1. The van der Waals surface area contributed by atoms with Gasteiger partial charge in [-0.1, -0.05) is 30.3 Å². The second kappa shape index (κ2) is 6.47. The zero-order chi connectivity index (χ0) is 20.1. The molecule has 0 bridgehead atoms. The van der Waals surface area contributed by atoms with Gasteiger partial charge in [0.2, 0.25) is 11.8 Å². The van der Waals surface area contributed by atoms with E-state index in [1.54, 1.807) is 24.0 Å². The molecule has 0 spiro atoms. The number of carbonyl (C=O) groups is 3. The minimum atomic E-state index is -0.628. The lowest BCUT2D eigenvalue weighted by Crippen LogP contribution is -2.46. The number of amides is 2. The molecule has 2 fully saturated rings. The summed E-state index contributed by atoms with van der Waals surface area (Å²) in [7, 11) is 0. The molecule has 146 valence electrons. The Kier molecular flexibility index (Phi) is 4.21. The quantitative estimate of drug-likeness (QED) is 0.645. The van der Waals surface area contributed by atoms with Crippen LogP contribution in [0.3, 0.4) is 0 Å². The zero-order valence-corrected chi connectivity index (χ0v) is 15.9. The van der Waals surface area contributed by atoms with Crippen molar-refractivity contribution >= 4 is 17.8 Å². The molecule has 2 aromatic rings. The van der Waals surface area contributed by atoms with Crippen molar-refractivity contribution in [2.45, 2.75) is 45.8 Å². The van der Waals surface area contributed by atoms with Gasteiger partial charge in [-0.15, -0.1) is 0 Å². The topological polar surface area (TPSA) is 102 Å². The number of nitrogens with zero attached hydrogens (tertiary/aromatic N) is 2. The Morgan fingerprint density at radius 2 is 2.11 bits per heavy atom. The Balaban J connectivity index is 1.67. The average molecular weight is 383 g/mol. The van der Waals surface area contributed by atoms with Crippen molar-refractivity contribution < 1.29 is 23.6 Å². The number of rotatable bonds is 3. The van der Waals surface area contributed by atoms with Crippen molar-refractivity contribution in [1.82, 2.24) is 15.4 Å². The van der Waals surface area contributed by atoms with E-state index in [0.29, 0.717) is 24.4 Å². The fourth-order valence-electron chi connectivity index (χ4n) is 4.27. The van der Waals surface area contributed by atoms with Crippen molar-refractivity contribution in [3.63, 3.8) is 0 Å². The molecule has 2 aliphatic rings. The van der Waals surface area contributed by atoms with E-state index in [1.807, 2.05) is 19.1 Å². The third-order valence-corrected chi connectivity index (χ3v) is 5.48. The highest BCUT2D eigenvalue weighted by molar-refractivity contribution is 5.89. The molecule has 8 nitrogen and oxygen atoms in total. The highest BCUT2D eigenvalue weighted by atomic mass is 16.5. The predicted molar refractivity (Wildman–Crippen MR) is 97.2 cm³/mol. The van der Waals surface area contributed by atoms with Crippen LogP contribution in [-0.4, -0.2) is 34.0 Å². The number of benzene rings is 1. The third-order valence-electron chi connectivity index (χ3n) is 5.48. The van der Waals surface area contributed by atoms with Crippen LogP contribution in [-0.2, 0) is 9.59 Å². The van der Waals surface area contributed by atoms with Gasteiger partial charge in [-0.3, -0.25) is 9.59 Å². The maximum atomic E-state index is 12.4. The van der Waals surface area contributed by atoms with Crippen molar-refractivity contribution in [2.24, 2.45) is 5.41 Å². The van der Waals surface area contributed by atoms with Crippen molar-refractivity contribution in [1.29, 1.82) is 0 Å². The van der Waals surface area contributed by atoms with E-state index in [1.165, 1.54) is 13.0 Å². The Morgan fingerprint density at radius 1 is 1.36 bits per heavy atom. The maximum Gasteiger partial charge on any atom is 0.365 e. The van der Waals surface area contributed by atoms with Gasteiger partial charge in [0, 0.05) is 30.4 Å². The van der Waals surface area contributed by atoms with Crippen molar-refractivity contribution in [2.75, 3.05) is 0 Å². The van der Waals surface area contributed by atoms with E-state index >= 15 is 0 Å². The molecular weight excluding hydrogens is 362 g/mol. The summed E-state index contributed by atoms with van der Waals surface area (Å²) >= 11 is 0. The van der Waals surface area contributed by atoms with Crippen LogP contribution in [0.25, 0.3) is 0 Å². The SMILES string of the molecule is CC(=O)N1[C@@H](c2ccccc2OC(=O)c2cc(C)on2)C[C@]2(C)CC(=O)N[C@H]12. The summed E-state index contributed by atoms with van der Waals surface area (Å²) in [5, 5.41) is 6.60. The molecule has 2 aliphatic heterocycles. The first-order valence-corrected chi connectivity index (χ1v) is 9.11. The first-order chi connectivity index (χ1) is 13.3. The molecule has 1 aromatic carbocycles. The summed E-state index contributed by atoms with van der Waals surface area (Å²) in [4.78, 5) is 38.4. The Hall–Kier alpha value is -3.16. The molecule has 4 rings (SSSR count). The lowest BCUT2D eigenvalue weighted by Gasteiger charge is -2.30. The molecule has 3 atom stereocenters. The summed E-state index contributed by atoms with van der Waals surface area (Å²) in [6, 6.07) is 8.31. The molecule has 0 aliphatic carbocycles. The molecule has 0 radical (unpaired) electrons. The summed E-state index contributed by atoms with van der Waals surface area (Å²) in [5.74, 6) is 0.0402. The smallest absolute Gasteiger partial charge is 0.365 e. The third kappa shape index (κ3) is 2.94. The number of fused-ring (bicyclic) bond motifs is 1. The summed E-state index contributed by atoms with van der Waals surface area (Å²) in [5.41, 5.74) is 0.433. The Morgan fingerprint density at radius 3 is 2.79 bits per heavy atom. The number of hydrogen-bond acceptors (Lipinski definition) is 6. The monoisotopic (exact) mass is 383 g/mol. The van der Waals surface area contributed by atoms with Crippen molar-refractivity contribution in [3.8, 4) is 5.75 Å². The maximum absolute atomic E-state index is 12.4. The molecule has 0 saturated carbocycles. The van der Waals surface area contributed by atoms with E-state index in [2.05, 4.69) is 10.5 Å². The molecule has 1 N–H and O–H groups in total. The number of para-hydroxylation sites is 1. The van der Waals surface area contributed by atoms with Gasteiger partial charge in [0.25, 0.3) is 0 Å². The molecule has 28 heavy (non-hydrogen) atoms. The van der Waals surface area contributed by atoms with Crippen LogP contribution in [0.15, 0.2) is 34.9 Å². The zero-order valence-electron chi connectivity index (χ0n) is 15.9. The van der Waals surface area contributed by atoms with Crippen LogP contribution < -0.4 is 10.1 Å². The van der Waals surface area contributed by atoms with Gasteiger partial charge in [-0.2, -0.15) is 0 Å². The highest BCUT2D eigenvalue weighted by Gasteiger charge is 2.56. The molecule has 2 saturated heterocycles. The lowest BCUT2D eigenvalue weighted by molar-refractivity contribution is -0.133. The van der Waals surface area contributed by atoms with Crippen LogP contribution >= 0.6 is 0 Å². The van der Waals surface area contributed by atoms with Crippen LogP contribution in [0.2, 0.25) is 0 Å². The van der Waals surface area contributed by atoms with Gasteiger partial charge in [0.15, 0.2) is 5.69 Å². The molecule has 0 unspecified atom stereocenters. The van der Waals surface area contributed by atoms with E-state index < -0.39 is 5.97 Å². The molecule has 3 heterocycles. The number of esters is 1. The number of ether oxygens (including phenoxy) is 1. The van der Waals surface area contributed by atoms with Gasteiger partial charge >= 0.3 is 5.97 Å². The first-order valence-electron chi connectivity index (χ1n) is 9.11. The number of carbonyl (C=O) groups excluding carboxylic acids is 3. The van der Waals surface area contributed by atoms with Crippen LogP contribution in [0.1, 0.15) is 54.5 Å². The van der Waals surface area contributed by atoms with E-state index in [-0.39, 0.29) is 35.1 Å². The Labute approximate surface area is 161 Å². The molecular formula is C20H21N3O5. The highest BCUT2D eigenvalue weighted by Crippen LogP contribution is 2.52. The van der Waals surface area contributed by atoms with Crippen LogP contribution in [0, 0.1) is 12.3 Å². The molecule has 1 aromatic heterocycles. The van der Waals surface area contributed by atoms with Gasteiger partial charge in [0.1, 0.15) is 17.7 Å². The predicted octanol–water partition coefficient (Wildman–Crippen LogP) is 2.35. The van der Waals surface area contributed by atoms with E-state index in [9.17, 15) is 14.4 Å². The number of nitrogens with one attached hydrogen (secondary N) is 1. The Bertz CT molecular complexity index is 968. The van der Waals surface area contributed by atoms with Gasteiger partial charge in [-0.05, 0) is 19.4 Å². The molecule has 2 amide bonds. The summed E-state index contributed by atoms with van der Waals surface area (Å²) < 4.78 is 10.5. The van der Waals surface area contributed by atoms with Gasteiger partial charge in [-0.25, -0.2) is 4.79 Å². The number of aryl methyl sites for hydroxylation is 1. The number of likely N-dealkylation sites (tertiary alicyclic amines) is 1. The lowest BCUT2D eigenvalue weighted by atomic mass is 9.83. The largest absolute Gasteiger partial charge is 0.421 e. The standard InChI is InChI=1S/C20H21N3O5/c1-11-8-14(22-28-11)18(26)27-16-7-5-4-6-13(16)15-9-20(3)10-17(25)21-19(20)23(15)12(2)24/h4-8,15,19H,9-10H2,1-3H3,(H,21,25)/t15-,19-,20-/m1/s1. The fraction of sp³-hybridized carbons (Fsp3) is 0.400. The van der Waals surface area contributed by atoms with Crippen LogP contribution in [0.4, 0.5) is 0 Å². The minimum absolute atomic E-state index is 0.0571. The number of hydrogen-bond donors (Lipinski definition) is 1. The second-order valence-corrected chi connectivity index (χ2v) is 7.70. The normalized spacial score (nSPS) is 26.1. The minimum Gasteiger partial charge on any atom is -0.421 e. The van der Waals surface area contributed by atoms with E-state index in [4.69, 9.17) is 9.26 Å². The fourth-order valence-corrected chi connectivity index (χ4v) is 4.27. The summed E-state index contributed by atoms with van der Waals surface area (Å²) in [6.45, 7) is 5.17. The second-order valence-electron chi connectivity index (χ2n) is 7.70. The average Bonchev–Trinajstić information content (AvgIpc) is 3.25. The molecule has 8 heteroatoms.